The molecule has 0 fully saturated rings. The van der Waals surface area contributed by atoms with Gasteiger partial charge in [-0.2, -0.15) is 13.2 Å². The third-order valence-electron chi connectivity index (χ3n) is 2.48. The van der Waals surface area contributed by atoms with Crippen LogP contribution in [0.5, 0.6) is 0 Å². The Hall–Kier alpha value is -1.78. The fraction of sp³-hybridized carbons (Fsp3) is 0.182. The number of alkyl halides is 3. The maximum Gasteiger partial charge on any atom is 0.416 e. The van der Waals surface area contributed by atoms with E-state index in [1.807, 2.05) is 0 Å². The van der Waals surface area contributed by atoms with Gasteiger partial charge in [-0.05, 0) is 12.1 Å². The molecular weight excluding hydrogens is 219 g/mol. The third kappa shape index (κ3) is 1.58. The Balaban J connectivity index is 2.72. The van der Waals surface area contributed by atoms with Gasteiger partial charge in [-0.1, -0.05) is 6.07 Å². The smallest absolute Gasteiger partial charge is 0.350 e. The van der Waals surface area contributed by atoms with Crippen LogP contribution in [-0.2, 0) is 13.2 Å². The summed E-state index contributed by atoms with van der Waals surface area (Å²) < 4.78 is 38.9. The number of halogens is 3. The Morgan fingerprint density at radius 1 is 1.31 bits per heavy atom. The van der Waals surface area contributed by atoms with Crippen LogP contribution >= 0.6 is 0 Å². The molecular formula is C11H8F3NO. The van der Waals surface area contributed by atoms with Gasteiger partial charge in [0, 0.05) is 29.7 Å². The molecule has 16 heavy (non-hydrogen) atoms. The quantitative estimate of drug-likeness (QED) is 0.686. The summed E-state index contributed by atoms with van der Waals surface area (Å²) in [5.41, 5.74) is 0.0850. The van der Waals surface area contributed by atoms with Gasteiger partial charge in [-0.25, -0.2) is 0 Å². The van der Waals surface area contributed by atoms with Crippen LogP contribution in [0, 0.1) is 0 Å². The summed E-state index contributed by atoms with van der Waals surface area (Å²) in [6.45, 7) is 0. The molecule has 1 aromatic carbocycles. The summed E-state index contributed by atoms with van der Waals surface area (Å²) in [6.07, 6.45) is -2.22. The summed E-state index contributed by atoms with van der Waals surface area (Å²) in [4.78, 5) is 10.7. The van der Waals surface area contributed by atoms with Gasteiger partial charge in [-0.15, -0.1) is 0 Å². The number of aldehydes is 1. The van der Waals surface area contributed by atoms with E-state index in [-0.39, 0.29) is 0 Å². The van der Waals surface area contributed by atoms with E-state index in [1.54, 1.807) is 7.05 Å². The van der Waals surface area contributed by atoms with Crippen LogP contribution in [0.25, 0.3) is 10.9 Å². The van der Waals surface area contributed by atoms with Crippen LogP contribution in [0.15, 0.2) is 24.4 Å². The lowest BCUT2D eigenvalue weighted by molar-refractivity contribution is -0.137. The minimum absolute atomic E-state index is 0.395. The van der Waals surface area contributed by atoms with Gasteiger partial charge in [0.25, 0.3) is 0 Å². The van der Waals surface area contributed by atoms with Crippen molar-refractivity contribution >= 4 is 17.2 Å². The van der Waals surface area contributed by atoms with Gasteiger partial charge < -0.3 is 4.57 Å². The average molecular weight is 227 g/mol. The van der Waals surface area contributed by atoms with Crippen molar-refractivity contribution in [1.82, 2.24) is 4.57 Å². The SMILES string of the molecule is Cn1cc(C=O)c2ccc(C(F)(F)F)cc21. The minimum Gasteiger partial charge on any atom is -0.350 e. The first kappa shape index (κ1) is 10.7. The molecule has 0 unspecified atom stereocenters. The zero-order chi connectivity index (χ0) is 11.9. The van der Waals surface area contributed by atoms with Crippen molar-refractivity contribution in [1.29, 1.82) is 0 Å². The lowest BCUT2D eigenvalue weighted by Gasteiger charge is -2.06. The van der Waals surface area contributed by atoms with E-state index in [9.17, 15) is 18.0 Å². The predicted octanol–water partition coefficient (Wildman–Crippen LogP) is 3.01. The molecule has 2 nitrogen and oxygen atoms in total. The summed E-state index contributed by atoms with van der Waals surface area (Å²) >= 11 is 0. The van der Waals surface area contributed by atoms with Crippen molar-refractivity contribution in [2.24, 2.45) is 7.05 Å². The van der Waals surface area contributed by atoms with Crippen molar-refractivity contribution in [3.8, 4) is 0 Å². The molecule has 0 N–H and O–H groups in total. The monoisotopic (exact) mass is 227 g/mol. The topological polar surface area (TPSA) is 22.0 Å². The second-order valence-electron chi connectivity index (χ2n) is 3.54. The average Bonchev–Trinajstić information content (AvgIpc) is 2.54. The van der Waals surface area contributed by atoms with Crippen LogP contribution in [0.3, 0.4) is 0 Å². The number of aryl methyl sites for hydroxylation is 1. The van der Waals surface area contributed by atoms with Crippen molar-refractivity contribution < 1.29 is 18.0 Å². The first-order chi connectivity index (χ1) is 7.43. The first-order valence-corrected chi connectivity index (χ1v) is 4.55. The predicted molar refractivity (Wildman–Crippen MR) is 53.3 cm³/mol. The molecule has 0 saturated heterocycles. The molecule has 1 aromatic heterocycles. The number of hydrogen-bond acceptors (Lipinski definition) is 1. The molecule has 0 aliphatic heterocycles. The van der Waals surface area contributed by atoms with Gasteiger partial charge in [0.1, 0.15) is 0 Å². The Labute approximate surface area is 89.3 Å². The third-order valence-corrected chi connectivity index (χ3v) is 2.48. The van der Waals surface area contributed by atoms with E-state index in [1.165, 1.54) is 16.8 Å². The molecule has 2 aromatic rings. The van der Waals surface area contributed by atoms with Crippen LogP contribution in [0.4, 0.5) is 13.2 Å². The van der Waals surface area contributed by atoms with Crippen molar-refractivity contribution in [2.45, 2.75) is 6.18 Å². The lowest BCUT2D eigenvalue weighted by Crippen LogP contribution is -2.04. The number of hydrogen-bond donors (Lipinski definition) is 0. The lowest BCUT2D eigenvalue weighted by atomic mass is 10.1. The second-order valence-corrected chi connectivity index (χ2v) is 3.54. The summed E-state index contributed by atoms with van der Waals surface area (Å²) in [7, 11) is 1.61. The minimum atomic E-state index is -4.36. The number of nitrogens with zero attached hydrogens (tertiary/aromatic N) is 1. The molecule has 0 spiro atoms. The van der Waals surface area contributed by atoms with E-state index >= 15 is 0 Å². The van der Waals surface area contributed by atoms with E-state index in [4.69, 9.17) is 0 Å². The van der Waals surface area contributed by atoms with Gasteiger partial charge >= 0.3 is 6.18 Å². The van der Waals surface area contributed by atoms with E-state index in [0.717, 1.165) is 12.1 Å². The molecule has 1 heterocycles. The highest BCUT2D eigenvalue weighted by Crippen LogP contribution is 2.32. The standard InChI is InChI=1S/C11H8F3NO/c1-15-5-7(6-16)9-3-2-8(4-10(9)15)11(12,13)14/h2-6H,1H3. The van der Waals surface area contributed by atoms with Gasteiger partial charge in [0.15, 0.2) is 6.29 Å². The maximum atomic E-state index is 12.5. The number of rotatable bonds is 1. The van der Waals surface area contributed by atoms with E-state index < -0.39 is 11.7 Å². The Bertz CT molecular complexity index is 554. The van der Waals surface area contributed by atoms with Crippen molar-refractivity contribution in [2.75, 3.05) is 0 Å². The molecule has 0 bridgehead atoms. The summed E-state index contributed by atoms with van der Waals surface area (Å²) in [6, 6.07) is 3.35. The van der Waals surface area contributed by atoms with Gasteiger partial charge in [0.2, 0.25) is 0 Å². The van der Waals surface area contributed by atoms with Gasteiger partial charge in [-0.3, -0.25) is 4.79 Å². The molecule has 0 atom stereocenters. The zero-order valence-corrected chi connectivity index (χ0v) is 8.38. The molecule has 0 saturated carbocycles. The van der Waals surface area contributed by atoms with Crippen molar-refractivity contribution in [3.05, 3.63) is 35.5 Å². The number of carbonyl (C=O) groups excluding carboxylic acids is 1. The molecule has 5 heteroatoms. The Morgan fingerprint density at radius 2 is 2.00 bits per heavy atom. The molecule has 0 amide bonds. The normalized spacial score (nSPS) is 12.0. The first-order valence-electron chi connectivity index (χ1n) is 4.55. The van der Waals surface area contributed by atoms with Crippen LogP contribution in [0.2, 0.25) is 0 Å². The van der Waals surface area contributed by atoms with Crippen LogP contribution < -0.4 is 0 Å². The second kappa shape index (κ2) is 3.37. The number of carbonyl (C=O) groups is 1. The highest BCUT2D eigenvalue weighted by Gasteiger charge is 2.30. The van der Waals surface area contributed by atoms with Crippen molar-refractivity contribution in [3.63, 3.8) is 0 Å². The van der Waals surface area contributed by atoms with Gasteiger partial charge in [0.05, 0.1) is 5.56 Å². The fourth-order valence-corrected chi connectivity index (χ4v) is 1.69. The molecule has 0 aliphatic rings. The Kier molecular flexibility index (Phi) is 2.26. The fourth-order valence-electron chi connectivity index (χ4n) is 1.69. The van der Waals surface area contributed by atoms with E-state index in [2.05, 4.69) is 0 Å². The Morgan fingerprint density at radius 3 is 2.56 bits per heavy atom. The largest absolute Gasteiger partial charge is 0.416 e. The number of fused-ring (bicyclic) bond motifs is 1. The van der Waals surface area contributed by atoms with Crippen LogP contribution in [0.1, 0.15) is 15.9 Å². The summed E-state index contributed by atoms with van der Waals surface area (Å²) in [5.74, 6) is 0. The van der Waals surface area contributed by atoms with E-state index in [0.29, 0.717) is 22.8 Å². The van der Waals surface area contributed by atoms with Crippen LogP contribution in [-0.4, -0.2) is 10.9 Å². The number of aromatic nitrogens is 1. The highest BCUT2D eigenvalue weighted by molar-refractivity contribution is 5.97. The zero-order valence-electron chi connectivity index (χ0n) is 8.38. The maximum absolute atomic E-state index is 12.5. The molecule has 84 valence electrons. The molecule has 0 radical (unpaired) electrons. The molecule has 0 aliphatic carbocycles. The molecule has 2 rings (SSSR count). The summed E-state index contributed by atoms with van der Waals surface area (Å²) in [5, 5.41) is 0.533. The highest BCUT2D eigenvalue weighted by atomic mass is 19.4. The number of benzene rings is 1.